The minimum atomic E-state index is -0.761. The van der Waals surface area contributed by atoms with Crippen LogP contribution in [0, 0.1) is 5.92 Å². The fourth-order valence-electron chi connectivity index (χ4n) is 1.69. The number of hydrogen-bond acceptors (Lipinski definition) is 4. The number of esters is 1. The van der Waals surface area contributed by atoms with E-state index in [4.69, 9.17) is 10.5 Å². The predicted molar refractivity (Wildman–Crippen MR) is 82.6 cm³/mol. The van der Waals surface area contributed by atoms with E-state index in [0.717, 1.165) is 5.56 Å². The molecule has 0 radical (unpaired) electrons. The molecule has 0 saturated carbocycles. The van der Waals surface area contributed by atoms with Crippen LogP contribution in [0.2, 0.25) is 0 Å². The Morgan fingerprint density at radius 1 is 1.19 bits per heavy atom. The van der Waals surface area contributed by atoms with Crippen molar-refractivity contribution in [1.82, 2.24) is 5.32 Å². The van der Waals surface area contributed by atoms with Crippen molar-refractivity contribution in [2.75, 3.05) is 12.3 Å². The van der Waals surface area contributed by atoms with E-state index in [1.165, 1.54) is 0 Å². The smallest absolute Gasteiger partial charge is 0.306 e. The van der Waals surface area contributed by atoms with E-state index < -0.39 is 6.10 Å². The van der Waals surface area contributed by atoms with Crippen LogP contribution in [0.4, 0.5) is 5.69 Å². The molecular weight excluding hydrogens is 268 g/mol. The number of nitrogens with two attached hydrogens (primary N) is 1. The van der Waals surface area contributed by atoms with Crippen molar-refractivity contribution in [3.05, 3.63) is 29.8 Å². The number of ether oxygens (including phenoxy) is 1. The van der Waals surface area contributed by atoms with E-state index in [1.807, 2.05) is 26.0 Å². The van der Waals surface area contributed by atoms with Crippen LogP contribution in [0.3, 0.4) is 0 Å². The second kappa shape index (κ2) is 8.29. The highest BCUT2D eigenvalue weighted by Gasteiger charge is 2.17. The number of aryl methyl sites for hydroxylation is 1. The molecule has 1 aromatic carbocycles. The first-order chi connectivity index (χ1) is 9.88. The maximum Gasteiger partial charge on any atom is 0.306 e. The molecule has 1 atom stereocenters. The number of carbonyl (C=O) groups is 2. The van der Waals surface area contributed by atoms with Crippen molar-refractivity contribution in [3.63, 3.8) is 0 Å². The van der Waals surface area contributed by atoms with Gasteiger partial charge >= 0.3 is 5.97 Å². The normalized spacial score (nSPS) is 12.0. The van der Waals surface area contributed by atoms with Gasteiger partial charge in [-0.25, -0.2) is 0 Å². The molecule has 3 N–H and O–H groups in total. The molecule has 1 unspecified atom stereocenters. The van der Waals surface area contributed by atoms with Crippen LogP contribution in [0.25, 0.3) is 0 Å². The number of carbonyl (C=O) groups excluding carboxylic acids is 2. The second-order valence-electron chi connectivity index (χ2n) is 5.51. The number of nitrogen functional groups attached to an aromatic ring is 1. The number of amides is 1. The topological polar surface area (TPSA) is 81.4 Å². The van der Waals surface area contributed by atoms with Gasteiger partial charge < -0.3 is 15.8 Å². The third kappa shape index (κ3) is 6.79. The first-order valence-corrected chi connectivity index (χ1v) is 7.20. The SMILES string of the molecule is CC(C)CNC(=O)C(C)OC(=O)CCc1ccc(N)cc1. The molecule has 0 aliphatic heterocycles. The Kier molecular flexibility index (Phi) is 6.72. The van der Waals surface area contributed by atoms with Gasteiger partial charge in [0.25, 0.3) is 5.91 Å². The van der Waals surface area contributed by atoms with Crippen molar-refractivity contribution in [1.29, 1.82) is 0 Å². The molecule has 0 aromatic heterocycles. The fourth-order valence-corrected chi connectivity index (χ4v) is 1.69. The molecular formula is C16H24N2O3. The van der Waals surface area contributed by atoms with Crippen LogP contribution in [0.1, 0.15) is 32.8 Å². The van der Waals surface area contributed by atoms with E-state index in [1.54, 1.807) is 19.1 Å². The molecule has 116 valence electrons. The quantitative estimate of drug-likeness (QED) is 0.594. The number of rotatable bonds is 7. The summed E-state index contributed by atoms with van der Waals surface area (Å²) in [4.78, 5) is 23.4. The zero-order valence-corrected chi connectivity index (χ0v) is 12.9. The highest BCUT2D eigenvalue weighted by molar-refractivity contribution is 5.83. The van der Waals surface area contributed by atoms with E-state index in [9.17, 15) is 9.59 Å². The Morgan fingerprint density at radius 2 is 1.81 bits per heavy atom. The summed E-state index contributed by atoms with van der Waals surface area (Å²) in [6.07, 6.45) is 0.0493. The molecule has 0 aliphatic carbocycles. The third-order valence-electron chi connectivity index (χ3n) is 2.96. The molecule has 1 amide bonds. The highest BCUT2D eigenvalue weighted by atomic mass is 16.5. The van der Waals surface area contributed by atoms with Crippen LogP contribution in [0.15, 0.2) is 24.3 Å². The van der Waals surface area contributed by atoms with Gasteiger partial charge in [-0.1, -0.05) is 26.0 Å². The van der Waals surface area contributed by atoms with Gasteiger partial charge in [0.05, 0.1) is 0 Å². The van der Waals surface area contributed by atoms with Gasteiger partial charge in [-0.3, -0.25) is 9.59 Å². The van der Waals surface area contributed by atoms with Gasteiger partial charge in [0.1, 0.15) is 0 Å². The van der Waals surface area contributed by atoms with E-state index >= 15 is 0 Å². The van der Waals surface area contributed by atoms with Crippen molar-refractivity contribution >= 4 is 17.6 Å². The summed E-state index contributed by atoms with van der Waals surface area (Å²) in [5.74, 6) is -0.272. The lowest BCUT2D eigenvalue weighted by molar-refractivity contribution is -0.154. The molecule has 0 spiro atoms. The minimum absolute atomic E-state index is 0.242. The number of benzene rings is 1. The highest BCUT2D eigenvalue weighted by Crippen LogP contribution is 2.08. The van der Waals surface area contributed by atoms with Gasteiger partial charge in [0, 0.05) is 18.7 Å². The summed E-state index contributed by atoms with van der Waals surface area (Å²) in [6, 6.07) is 7.34. The molecule has 1 aromatic rings. The number of anilines is 1. The van der Waals surface area contributed by atoms with Crippen LogP contribution < -0.4 is 11.1 Å². The summed E-state index contributed by atoms with van der Waals surface area (Å²) < 4.78 is 5.11. The molecule has 0 fully saturated rings. The average molecular weight is 292 g/mol. The van der Waals surface area contributed by atoms with Gasteiger partial charge in [-0.15, -0.1) is 0 Å². The van der Waals surface area contributed by atoms with Crippen molar-refractivity contribution in [3.8, 4) is 0 Å². The van der Waals surface area contributed by atoms with E-state index in [-0.39, 0.29) is 18.3 Å². The van der Waals surface area contributed by atoms with Crippen LogP contribution in [0.5, 0.6) is 0 Å². The summed E-state index contributed by atoms with van der Waals surface area (Å²) in [6.45, 7) is 6.16. The Labute approximate surface area is 125 Å². The summed E-state index contributed by atoms with van der Waals surface area (Å²) in [5.41, 5.74) is 7.30. The Balaban J connectivity index is 2.32. The fraction of sp³-hybridized carbons (Fsp3) is 0.500. The molecule has 21 heavy (non-hydrogen) atoms. The van der Waals surface area contributed by atoms with Gasteiger partial charge in [-0.2, -0.15) is 0 Å². The first kappa shape index (κ1) is 17.0. The largest absolute Gasteiger partial charge is 0.453 e. The van der Waals surface area contributed by atoms with E-state index in [0.29, 0.717) is 24.6 Å². The van der Waals surface area contributed by atoms with Crippen LogP contribution >= 0.6 is 0 Å². The Bertz CT molecular complexity index is 469. The van der Waals surface area contributed by atoms with Gasteiger partial charge in [0.15, 0.2) is 6.10 Å². The monoisotopic (exact) mass is 292 g/mol. The lowest BCUT2D eigenvalue weighted by Crippen LogP contribution is -2.37. The van der Waals surface area contributed by atoms with Crippen molar-refractivity contribution in [2.24, 2.45) is 5.92 Å². The van der Waals surface area contributed by atoms with Crippen LogP contribution in [-0.2, 0) is 20.7 Å². The van der Waals surface area contributed by atoms with Crippen LogP contribution in [-0.4, -0.2) is 24.5 Å². The molecule has 5 nitrogen and oxygen atoms in total. The standard InChI is InChI=1S/C16H24N2O3/c1-11(2)10-18-16(20)12(3)21-15(19)9-6-13-4-7-14(17)8-5-13/h4-5,7-8,11-12H,6,9-10,17H2,1-3H3,(H,18,20). The Hall–Kier alpha value is -2.04. The number of nitrogens with one attached hydrogen (secondary N) is 1. The van der Waals surface area contributed by atoms with Crippen molar-refractivity contribution in [2.45, 2.75) is 39.7 Å². The maximum atomic E-state index is 11.7. The second-order valence-corrected chi connectivity index (χ2v) is 5.51. The van der Waals surface area contributed by atoms with Crippen molar-refractivity contribution < 1.29 is 14.3 Å². The zero-order valence-electron chi connectivity index (χ0n) is 12.9. The molecule has 0 bridgehead atoms. The predicted octanol–water partition coefficient (Wildman–Crippen LogP) is 1.91. The average Bonchev–Trinajstić information content (AvgIpc) is 2.44. The molecule has 0 aliphatic rings. The van der Waals surface area contributed by atoms with Gasteiger partial charge in [0.2, 0.25) is 0 Å². The zero-order chi connectivity index (χ0) is 15.8. The number of hydrogen-bond donors (Lipinski definition) is 2. The molecule has 0 heterocycles. The summed E-state index contributed by atoms with van der Waals surface area (Å²) in [7, 11) is 0. The Morgan fingerprint density at radius 3 is 2.38 bits per heavy atom. The minimum Gasteiger partial charge on any atom is -0.453 e. The lowest BCUT2D eigenvalue weighted by Gasteiger charge is -2.14. The first-order valence-electron chi connectivity index (χ1n) is 7.20. The third-order valence-corrected chi connectivity index (χ3v) is 2.96. The summed E-state index contributed by atoms with van der Waals surface area (Å²) in [5, 5.41) is 2.74. The lowest BCUT2D eigenvalue weighted by atomic mass is 10.1. The maximum absolute atomic E-state index is 11.7. The molecule has 0 saturated heterocycles. The summed E-state index contributed by atoms with van der Waals surface area (Å²) >= 11 is 0. The van der Waals surface area contributed by atoms with E-state index in [2.05, 4.69) is 5.32 Å². The molecule has 1 rings (SSSR count). The van der Waals surface area contributed by atoms with Gasteiger partial charge in [-0.05, 0) is 37.0 Å². The molecule has 5 heteroatoms.